The SMILES string of the molecule is CCCC1C(NC(=O)CC)c2cc(S(N)(=O)=O)sc2S1(=O)=O. The molecule has 2 heterocycles. The summed E-state index contributed by atoms with van der Waals surface area (Å²) >= 11 is 0.652. The van der Waals surface area contributed by atoms with E-state index in [0.717, 1.165) is 0 Å². The maximum atomic E-state index is 12.6. The maximum absolute atomic E-state index is 12.6. The molecule has 0 saturated heterocycles. The minimum Gasteiger partial charge on any atom is -0.348 e. The fourth-order valence-electron chi connectivity index (χ4n) is 2.51. The predicted octanol–water partition coefficient (Wildman–Crippen LogP) is 0.919. The second-order valence-corrected chi connectivity index (χ2v) is 10.3. The van der Waals surface area contributed by atoms with Gasteiger partial charge in [-0.3, -0.25) is 4.79 Å². The van der Waals surface area contributed by atoms with Gasteiger partial charge in [0, 0.05) is 12.0 Å². The lowest BCUT2D eigenvalue weighted by Gasteiger charge is -2.20. The normalized spacial score (nSPS) is 23.2. The van der Waals surface area contributed by atoms with Crippen molar-refractivity contribution < 1.29 is 21.6 Å². The summed E-state index contributed by atoms with van der Waals surface area (Å²) in [5.74, 6) is -0.280. The van der Waals surface area contributed by atoms with E-state index in [1.165, 1.54) is 6.07 Å². The highest BCUT2D eigenvalue weighted by Crippen LogP contribution is 2.46. The van der Waals surface area contributed by atoms with Crippen LogP contribution in [0, 0.1) is 0 Å². The van der Waals surface area contributed by atoms with Gasteiger partial charge in [-0.05, 0) is 12.5 Å². The lowest BCUT2D eigenvalue weighted by atomic mass is 10.0. The molecule has 0 aliphatic carbocycles. The smallest absolute Gasteiger partial charge is 0.247 e. The fraction of sp³-hybridized carbons (Fsp3) is 0.583. The molecular formula is C12H18N2O5S3. The number of sulfone groups is 1. The van der Waals surface area contributed by atoms with Gasteiger partial charge in [0.15, 0.2) is 9.84 Å². The fourth-order valence-corrected chi connectivity index (χ4v) is 7.36. The first-order valence-electron chi connectivity index (χ1n) is 6.82. The summed E-state index contributed by atoms with van der Waals surface area (Å²) in [5.41, 5.74) is 0.328. The zero-order chi connectivity index (χ0) is 16.7. The average Bonchev–Trinajstić information content (AvgIpc) is 2.93. The number of amides is 1. The van der Waals surface area contributed by atoms with E-state index in [1.54, 1.807) is 6.92 Å². The van der Waals surface area contributed by atoms with Gasteiger partial charge in [-0.2, -0.15) is 0 Å². The summed E-state index contributed by atoms with van der Waals surface area (Å²) in [4.78, 5) is 11.7. The van der Waals surface area contributed by atoms with Crippen molar-refractivity contribution in [2.45, 2.75) is 52.8 Å². The molecule has 1 aromatic rings. The van der Waals surface area contributed by atoms with E-state index in [4.69, 9.17) is 5.14 Å². The topological polar surface area (TPSA) is 123 Å². The molecule has 22 heavy (non-hydrogen) atoms. The van der Waals surface area contributed by atoms with Crippen LogP contribution in [0.5, 0.6) is 0 Å². The van der Waals surface area contributed by atoms with Gasteiger partial charge in [-0.1, -0.05) is 20.3 Å². The Labute approximate surface area is 133 Å². The Kier molecular flexibility index (Phi) is 4.67. The van der Waals surface area contributed by atoms with E-state index in [1.807, 2.05) is 6.92 Å². The summed E-state index contributed by atoms with van der Waals surface area (Å²) in [5, 5.41) is 7.01. The molecule has 1 aliphatic heterocycles. The van der Waals surface area contributed by atoms with Crippen molar-refractivity contribution in [3.8, 4) is 0 Å². The number of hydrogen-bond acceptors (Lipinski definition) is 6. The molecule has 2 unspecified atom stereocenters. The maximum Gasteiger partial charge on any atom is 0.247 e. The van der Waals surface area contributed by atoms with Crippen LogP contribution in [0.25, 0.3) is 0 Å². The Bertz CT molecular complexity index is 795. The third kappa shape index (κ3) is 2.92. The van der Waals surface area contributed by atoms with Gasteiger partial charge in [-0.25, -0.2) is 22.0 Å². The average molecular weight is 366 g/mol. The highest BCUT2D eigenvalue weighted by molar-refractivity contribution is 7.95. The third-order valence-corrected chi connectivity index (χ3v) is 8.93. The predicted molar refractivity (Wildman–Crippen MR) is 82.7 cm³/mol. The Morgan fingerprint density at radius 3 is 2.55 bits per heavy atom. The number of nitrogens with one attached hydrogen (secondary N) is 1. The van der Waals surface area contributed by atoms with Crippen LogP contribution < -0.4 is 10.5 Å². The number of sulfonamides is 1. The van der Waals surface area contributed by atoms with Crippen molar-refractivity contribution in [2.24, 2.45) is 5.14 Å². The Hall–Kier alpha value is -0.970. The number of nitrogens with two attached hydrogens (primary N) is 1. The molecular weight excluding hydrogens is 348 g/mol. The van der Waals surface area contributed by atoms with Gasteiger partial charge in [0.05, 0.1) is 11.3 Å². The number of primary sulfonamides is 1. The van der Waals surface area contributed by atoms with Crippen molar-refractivity contribution in [3.63, 3.8) is 0 Å². The summed E-state index contributed by atoms with van der Waals surface area (Å²) in [7, 11) is -7.64. The largest absolute Gasteiger partial charge is 0.348 e. The molecule has 3 N–H and O–H groups in total. The van der Waals surface area contributed by atoms with Gasteiger partial charge >= 0.3 is 0 Å². The molecule has 2 atom stereocenters. The molecule has 0 fully saturated rings. The molecule has 0 bridgehead atoms. The van der Waals surface area contributed by atoms with Crippen molar-refractivity contribution in [3.05, 3.63) is 11.6 Å². The van der Waals surface area contributed by atoms with E-state index in [2.05, 4.69) is 5.32 Å². The van der Waals surface area contributed by atoms with Gasteiger partial charge < -0.3 is 5.32 Å². The Morgan fingerprint density at radius 2 is 2.05 bits per heavy atom. The molecule has 124 valence electrons. The summed E-state index contributed by atoms with van der Waals surface area (Å²) < 4.78 is 47.9. The minimum atomic E-state index is -3.98. The van der Waals surface area contributed by atoms with Crippen LogP contribution in [0.4, 0.5) is 0 Å². The highest BCUT2D eigenvalue weighted by atomic mass is 32.3. The van der Waals surface area contributed by atoms with E-state index >= 15 is 0 Å². The Morgan fingerprint density at radius 1 is 1.41 bits per heavy atom. The quantitative estimate of drug-likeness (QED) is 0.802. The number of carbonyl (C=O) groups excluding carboxylic acids is 1. The van der Waals surface area contributed by atoms with Gasteiger partial charge in [-0.15, -0.1) is 11.3 Å². The van der Waals surface area contributed by atoms with E-state index in [9.17, 15) is 21.6 Å². The summed E-state index contributed by atoms with van der Waals surface area (Å²) in [6.07, 6.45) is 1.25. The van der Waals surface area contributed by atoms with Gasteiger partial charge in [0.1, 0.15) is 8.42 Å². The van der Waals surface area contributed by atoms with Crippen LogP contribution >= 0.6 is 11.3 Å². The molecule has 2 rings (SSSR count). The van der Waals surface area contributed by atoms with Crippen LogP contribution in [0.15, 0.2) is 14.5 Å². The van der Waals surface area contributed by atoms with Crippen molar-refractivity contribution in [1.29, 1.82) is 0 Å². The van der Waals surface area contributed by atoms with Crippen LogP contribution in [-0.4, -0.2) is 28.0 Å². The zero-order valence-electron chi connectivity index (χ0n) is 12.2. The minimum absolute atomic E-state index is 0.00335. The number of fused-ring (bicyclic) bond motifs is 1. The van der Waals surface area contributed by atoms with Crippen LogP contribution in [0.1, 0.15) is 44.7 Å². The van der Waals surface area contributed by atoms with E-state index in [0.29, 0.717) is 29.7 Å². The van der Waals surface area contributed by atoms with Gasteiger partial charge in [0.25, 0.3) is 0 Å². The summed E-state index contributed by atoms with van der Waals surface area (Å²) in [6, 6.07) is 0.544. The molecule has 10 heteroatoms. The number of carbonyl (C=O) groups is 1. The number of thiophene rings is 1. The van der Waals surface area contributed by atoms with Crippen molar-refractivity contribution in [2.75, 3.05) is 0 Å². The summed E-state index contributed by atoms with van der Waals surface area (Å²) in [6.45, 7) is 3.52. The van der Waals surface area contributed by atoms with Crippen LogP contribution in [-0.2, 0) is 24.7 Å². The lowest BCUT2D eigenvalue weighted by Crippen LogP contribution is -2.35. The zero-order valence-corrected chi connectivity index (χ0v) is 14.6. The standard InChI is InChI=1S/C12H18N2O5S3/c1-3-5-8-11(14-9(15)4-2)7-6-10(22(13,18)19)20-12(7)21(8,16)17/h6,8,11H,3-5H2,1-2H3,(H,14,15)(H2,13,18,19). The molecule has 7 nitrogen and oxygen atoms in total. The first-order chi connectivity index (χ1) is 10.1. The van der Waals surface area contributed by atoms with Crippen LogP contribution in [0.3, 0.4) is 0 Å². The lowest BCUT2D eigenvalue weighted by molar-refractivity contribution is -0.121. The second-order valence-electron chi connectivity index (χ2n) is 5.12. The number of rotatable bonds is 5. The van der Waals surface area contributed by atoms with Crippen molar-refractivity contribution >= 4 is 37.1 Å². The Balaban J connectivity index is 2.57. The highest BCUT2D eigenvalue weighted by Gasteiger charge is 2.47. The van der Waals surface area contributed by atoms with Crippen molar-refractivity contribution in [1.82, 2.24) is 5.32 Å². The molecule has 1 aromatic heterocycles. The van der Waals surface area contributed by atoms with E-state index in [-0.39, 0.29) is 20.7 Å². The molecule has 1 aliphatic rings. The van der Waals surface area contributed by atoms with E-state index < -0.39 is 31.2 Å². The monoisotopic (exact) mass is 366 g/mol. The number of hydrogen-bond donors (Lipinski definition) is 2. The second kappa shape index (κ2) is 5.91. The molecule has 0 saturated carbocycles. The molecule has 0 aromatic carbocycles. The van der Waals surface area contributed by atoms with Crippen LogP contribution in [0.2, 0.25) is 0 Å². The molecule has 0 spiro atoms. The first-order valence-corrected chi connectivity index (χ1v) is 10.7. The van der Waals surface area contributed by atoms with Gasteiger partial charge in [0.2, 0.25) is 15.9 Å². The third-order valence-electron chi connectivity index (χ3n) is 3.56. The molecule has 1 amide bonds. The molecule has 0 radical (unpaired) electrons. The first kappa shape index (κ1) is 17.4.